The maximum atomic E-state index is 12.7. The molecular formula is C22H29N3O3. The number of carbonyl (C=O) groups excluding carboxylic acids is 1. The Kier molecular flexibility index (Phi) is 6.07. The fourth-order valence-electron chi connectivity index (χ4n) is 4.27. The Morgan fingerprint density at radius 2 is 1.86 bits per heavy atom. The normalized spacial score (nSPS) is 20.0. The van der Waals surface area contributed by atoms with Crippen molar-refractivity contribution in [2.24, 2.45) is 5.41 Å². The van der Waals surface area contributed by atoms with E-state index >= 15 is 0 Å². The number of nitrogens with zero attached hydrogens (tertiary/aromatic N) is 2. The lowest BCUT2D eigenvalue weighted by atomic mass is 9.79. The summed E-state index contributed by atoms with van der Waals surface area (Å²) in [6, 6.07) is 11.4. The van der Waals surface area contributed by atoms with E-state index in [1.807, 2.05) is 30.3 Å². The lowest BCUT2D eigenvalue weighted by Gasteiger charge is -2.42. The number of hydrogen-bond acceptors (Lipinski definition) is 5. The largest absolute Gasteiger partial charge is 0.381 e. The van der Waals surface area contributed by atoms with Gasteiger partial charge >= 0.3 is 0 Å². The Morgan fingerprint density at radius 1 is 1.11 bits per heavy atom. The van der Waals surface area contributed by atoms with Crippen LogP contribution in [0, 0.1) is 5.41 Å². The molecule has 2 aliphatic rings. The first-order valence-electron chi connectivity index (χ1n) is 10.3. The summed E-state index contributed by atoms with van der Waals surface area (Å²) < 4.78 is 11.0. The van der Waals surface area contributed by atoms with Crippen molar-refractivity contribution in [3.63, 3.8) is 0 Å². The smallest absolute Gasteiger partial charge is 0.273 e. The zero-order valence-electron chi connectivity index (χ0n) is 16.4. The predicted molar refractivity (Wildman–Crippen MR) is 107 cm³/mol. The van der Waals surface area contributed by atoms with Gasteiger partial charge in [-0.15, -0.1) is 0 Å². The van der Waals surface area contributed by atoms with Crippen molar-refractivity contribution in [3.8, 4) is 11.3 Å². The van der Waals surface area contributed by atoms with Crippen LogP contribution in [0.15, 0.2) is 40.9 Å². The Labute approximate surface area is 166 Å². The summed E-state index contributed by atoms with van der Waals surface area (Å²) in [7, 11) is 0. The van der Waals surface area contributed by atoms with E-state index in [1.165, 1.54) is 32.4 Å². The minimum atomic E-state index is -0.171. The molecule has 0 unspecified atom stereocenters. The van der Waals surface area contributed by atoms with Crippen LogP contribution in [0.25, 0.3) is 11.3 Å². The highest BCUT2D eigenvalue weighted by molar-refractivity contribution is 5.93. The monoisotopic (exact) mass is 383 g/mol. The van der Waals surface area contributed by atoms with Gasteiger partial charge in [0.2, 0.25) is 0 Å². The van der Waals surface area contributed by atoms with Crippen LogP contribution in [0.2, 0.25) is 0 Å². The second kappa shape index (κ2) is 8.88. The van der Waals surface area contributed by atoms with Gasteiger partial charge in [0.1, 0.15) is 0 Å². The van der Waals surface area contributed by atoms with Gasteiger partial charge < -0.3 is 19.5 Å². The van der Waals surface area contributed by atoms with Crippen LogP contribution < -0.4 is 5.32 Å². The van der Waals surface area contributed by atoms with Crippen LogP contribution in [0.3, 0.4) is 0 Å². The SMILES string of the molecule is O=C(NCC1(CN2CCCCC2)CCOCC1)c1cc(-c2ccccc2)on1. The number of rotatable bonds is 6. The average Bonchev–Trinajstić information content (AvgIpc) is 3.25. The summed E-state index contributed by atoms with van der Waals surface area (Å²) in [5.41, 5.74) is 1.33. The van der Waals surface area contributed by atoms with E-state index in [0.29, 0.717) is 18.0 Å². The van der Waals surface area contributed by atoms with Crippen molar-refractivity contribution in [2.45, 2.75) is 32.1 Å². The highest BCUT2D eigenvalue weighted by Gasteiger charge is 2.35. The molecule has 28 heavy (non-hydrogen) atoms. The van der Waals surface area contributed by atoms with Crippen LogP contribution in [0.5, 0.6) is 0 Å². The van der Waals surface area contributed by atoms with Gasteiger partial charge in [0.15, 0.2) is 11.5 Å². The van der Waals surface area contributed by atoms with Gasteiger partial charge in [0, 0.05) is 43.3 Å². The number of aromatic nitrogens is 1. The minimum Gasteiger partial charge on any atom is -0.381 e. The van der Waals surface area contributed by atoms with Crippen LogP contribution >= 0.6 is 0 Å². The number of benzene rings is 1. The molecule has 2 aromatic rings. The Balaban J connectivity index is 1.39. The second-order valence-electron chi connectivity index (χ2n) is 8.07. The van der Waals surface area contributed by atoms with Gasteiger partial charge in [-0.2, -0.15) is 0 Å². The molecule has 3 heterocycles. The zero-order chi connectivity index (χ0) is 19.2. The standard InChI is InChI=1S/C22H29N3O3/c26-21(19-15-20(28-24-19)18-7-3-1-4-8-18)23-16-22(9-13-27-14-10-22)17-25-11-5-2-6-12-25/h1,3-4,7-8,15H,2,5-6,9-14,16-17H2,(H,23,26). The fourth-order valence-corrected chi connectivity index (χ4v) is 4.27. The molecule has 0 aliphatic carbocycles. The lowest BCUT2D eigenvalue weighted by molar-refractivity contribution is -0.00675. The molecule has 1 aromatic carbocycles. The quantitative estimate of drug-likeness (QED) is 0.829. The molecule has 2 aliphatic heterocycles. The van der Waals surface area contributed by atoms with E-state index in [2.05, 4.69) is 15.4 Å². The fraction of sp³-hybridized carbons (Fsp3) is 0.545. The molecule has 150 valence electrons. The molecule has 0 atom stereocenters. The maximum absolute atomic E-state index is 12.7. The summed E-state index contributed by atoms with van der Waals surface area (Å²) in [6.07, 6.45) is 5.86. The number of amides is 1. The van der Waals surface area contributed by atoms with Gasteiger partial charge in [-0.1, -0.05) is 41.9 Å². The molecule has 0 bridgehead atoms. The third kappa shape index (κ3) is 4.62. The topological polar surface area (TPSA) is 67.6 Å². The minimum absolute atomic E-state index is 0.0806. The third-order valence-electron chi connectivity index (χ3n) is 5.99. The first-order valence-corrected chi connectivity index (χ1v) is 10.3. The third-order valence-corrected chi connectivity index (χ3v) is 5.99. The first kappa shape index (κ1) is 19.2. The van der Waals surface area contributed by atoms with Gasteiger partial charge in [0.05, 0.1) is 0 Å². The summed E-state index contributed by atoms with van der Waals surface area (Å²) in [5.74, 6) is 0.440. The average molecular weight is 383 g/mol. The lowest BCUT2D eigenvalue weighted by Crippen LogP contribution is -2.49. The number of hydrogen-bond donors (Lipinski definition) is 1. The molecular weight excluding hydrogens is 354 g/mol. The van der Waals surface area contributed by atoms with Crippen LogP contribution in [-0.4, -0.2) is 55.4 Å². The van der Waals surface area contributed by atoms with Crippen molar-refractivity contribution < 1.29 is 14.1 Å². The predicted octanol–water partition coefficient (Wildman–Crippen LogP) is 3.35. The van der Waals surface area contributed by atoms with E-state index in [9.17, 15) is 4.79 Å². The van der Waals surface area contributed by atoms with Crippen molar-refractivity contribution >= 4 is 5.91 Å². The molecule has 2 fully saturated rings. The Hall–Kier alpha value is -2.18. The second-order valence-corrected chi connectivity index (χ2v) is 8.07. The molecule has 0 radical (unpaired) electrons. The molecule has 0 spiro atoms. The number of likely N-dealkylation sites (tertiary alicyclic amines) is 1. The van der Waals surface area contributed by atoms with E-state index in [-0.39, 0.29) is 11.3 Å². The molecule has 2 saturated heterocycles. The van der Waals surface area contributed by atoms with Crippen LogP contribution in [0.1, 0.15) is 42.6 Å². The van der Waals surface area contributed by atoms with Gasteiger partial charge in [-0.3, -0.25) is 4.79 Å². The van der Waals surface area contributed by atoms with Gasteiger partial charge in [0.25, 0.3) is 5.91 Å². The maximum Gasteiger partial charge on any atom is 0.273 e. The molecule has 6 nitrogen and oxygen atoms in total. The van der Waals surface area contributed by atoms with Crippen molar-refractivity contribution in [1.29, 1.82) is 0 Å². The summed E-state index contributed by atoms with van der Waals surface area (Å²) in [5, 5.41) is 7.09. The molecule has 0 saturated carbocycles. The van der Waals surface area contributed by atoms with Crippen LogP contribution in [0.4, 0.5) is 0 Å². The molecule has 4 rings (SSSR count). The number of piperidine rings is 1. The number of carbonyl (C=O) groups is 1. The molecule has 1 amide bonds. The van der Waals surface area contributed by atoms with Crippen molar-refractivity contribution in [2.75, 3.05) is 39.4 Å². The van der Waals surface area contributed by atoms with Crippen molar-refractivity contribution in [3.05, 3.63) is 42.1 Å². The van der Waals surface area contributed by atoms with Gasteiger partial charge in [-0.25, -0.2) is 0 Å². The summed E-state index contributed by atoms with van der Waals surface area (Å²) >= 11 is 0. The Morgan fingerprint density at radius 3 is 2.61 bits per heavy atom. The van der Waals surface area contributed by atoms with E-state index < -0.39 is 0 Å². The summed E-state index contributed by atoms with van der Waals surface area (Å²) in [4.78, 5) is 15.2. The Bertz CT molecular complexity index is 762. The summed E-state index contributed by atoms with van der Waals surface area (Å²) in [6.45, 7) is 5.56. The highest BCUT2D eigenvalue weighted by atomic mass is 16.5. The van der Waals surface area contributed by atoms with E-state index in [1.54, 1.807) is 6.07 Å². The van der Waals surface area contributed by atoms with Crippen molar-refractivity contribution in [1.82, 2.24) is 15.4 Å². The van der Waals surface area contributed by atoms with Crippen LogP contribution in [-0.2, 0) is 4.74 Å². The van der Waals surface area contributed by atoms with E-state index in [4.69, 9.17) is 9.26 Å². The van der Waals surface area contributed by atoms with Gasteiger partial charge in [-0.05, 0) is 38.8 Å². The molecule has 6 heteroatoms. The highest BCUT2D eigenvalue weighted by Crippen LogP contribution is 2.32. The zero-order valence-corrected chi connectivity index (χ0v) is 16.4. The molecule has 1 aromatic heterocycles. The number of nitrogens with one attached hydrogen (secondary N) is 1. The first-order chi connectivity index (χ1) is 13.7. The van der Waals surface area contributed by atoms with E-state index in [0.717, 1.165) is 38.2 Å². The molecule has 1 N–H and O–H groups in total. The number of ether oxygens (including phenoxy) is 1.